The van der Waals surface area contributed by atoms with E-state index in [0.717, 1.165) is 63.0 Å². The van der Waals surface area contributed by atoms with E-state index in [1.54, 1.807) is 0 Å². The number of nitrogens with one attached hydrogen (secondary N) is 1. The highest BCUT2D eigenvalue weighted by molar-refractivity contribution is 5.93. The Kier molecular flexibility index (Phi) is 5.69. The molecule has 2 saturated heterocycles. The van der Waals surface area contributed by atoms with Crippen molar-refractivity contribution >= 4 is 17.5 Å². The molecule has 1 spiro atoms. The predicted octanol–water partition coefficient (Wildman–Crippen LogP) is 3.88. The fourth-order valence-corrected chi connectivity index (χ4v) is 5.95. The Balaban J connectivity index is 1.54. The molecule has 5 heteroatoms. The Bertz CT molecular complexity index is 765. The van der Waals surface area contributed by atoms with Crippen molar-refractivity contribution in [3.63, 3.8) is 0 Å². The normalized spacial score (nSPS) is 23.0. The lowest BCUT2D eigenvalue weighted by molar-refractivity contribution is -0.125. The first-order valence-electron chi connectivity index (χ1n) is 11.3. The number of likely N-dealkylation sites (tertiary alicyclic amines) is 1. The van der Waals surface area contributed by atoms with Crippen LogP contribution in [-0.2, 0) is 9.59 Å². The average molecular weight is 396 g/mol. The minimum atomic E-state index is -0.504. The zero-order valence-corrected chi connectivity index (χ0v) is 17.6. The summed E-state index contributed by atoms with van der Waals surface area (Å²) in [5, 5.41) is 3.06. The van der Waals surface area contributed by atoms with Crippen molar-refractivity contribution in [1.82, 2.24) is 10.2 Å². The van der Waals surface area contributed by atoms with Crippen LogP contribution in [0.4, 0.5) is 5.69 Å². The quantitative estimate of drug-likeness (QED) is 0.769. The molecule has 0 radical (unpaired) electrons. The number of carbonyl (C=O) groups excluding carboxylic acids is 2. The van der Waals surface area contributed by atoms with Crippen LogP contribution in [-0.4, -0.2) is 42.0 Å². The van der Waals surface area contributed by atoms with Crippen LogP contribution < -0.4 is 10.2 Å². The van der Waals surface area contributed by atoms with Crippen molar-refractivity contribution in [3.8, 4) is 0 Å². The molecule has 0 atom stereocenters. The molecule has 29 heavy (non-hydrogen) atoms. The van der Waals surface area contributed by atoms with E-state index in [2.05, 4.69) is 40.1 Å². The van der Waals surface area contributed by atoms with Crippen molar-refractivity contribution < 1.29 is 9.59 Å². The smallest absolute Gasteiger partial charge is 0.247 e. The summed E-state index contributed by atoms with van der Waals surface area (Å²) in [4.78, 5) is 29.5. The first kappa shape index (κ1) is 20.0. The number of anilines is 1. The molecule has 3 fully saturated rings. The van der Waals surface area contributed by atoms with E-state index in [4.69, 9.17) is 0 Å². The summed E-state index contributed by atoms with van der Waals surface area (Å²) in [6.07, 6.45) is 9.51. The fraction of sp³-hybridized carbons (Fsp3) is 0.625. The van der Waals surface area contributed by atoms with Gasteiger partial charge in [-0.15, -0.1) is 0 Å². The van der Waals surface area contributed by atoms with Gasteiger partial charge in [-0.1, -0.05) is 50.8 Å². The maximum atomic E-state index is 12.9. The van der Waals surface area contributed by atoms with Gasteiger partial charge in [-0.05, 0) is 44.2 Å². The second kappa shape index (κ2) is 8.23. The lowest BCUT2D eigenvalue weighted by Crippen LogP contribution is -2.57. The summed E-state index contributed by atoms with van der Waals surface area (Å²) in [5.74, 6) is 2.50. The van der Waals surface area contributed by atoms with Crippen LogP contribution in [0.2, 0.25) is 0 Å². The Morgan fingerprint density at radius 2 is 1.76 bits per heavy atom. The Morgan fingerprint density at radius 1 is 1.07 bits per heavy atom. The van der Waals surface area contributed by atoms with Gasteiger partial charge in [-0.2, -0.15) is 0 Å². The van der Waals surface area contributed by atoms with E-state index >= 15 is 0 Å². The molecule has 0 unspecified atom stereocenters. The standard InChI is InChI=1S/C24H33N3O2/c1-2-11-23(12-7-4-8-13-23)21(18-28)26-16-14-24(15-17-26)22(29)25-19-27(24)20-9-5-3-6-10-20/h3,5-6,9-10H,2,4,7-8,11-17,19H2,1H3,(H,25,29). The lowest BCUT2D eigenvalue weighted by Gasteiger charge is -2.48. The zero-order chi connectivity index (χ0) is 20.3. The van der Waals surface area contributed by atoms with E-state index in [-0.39, 0.29) is 11.3 Å². The molecule has 2 heterocycles. The second-order valence-electron chi connectivity index (χ2n) is 8.99. The van der Waals surface area contributed by atoms with E-state index in [1.807, 2.05) is 18.2 Å². The number of rotatable bonds is 5. The van der Waals surface area contributed by atoms with Gasteiger partial charge in [0.25, 0.3) is 0 Å². The number of nitrogens with zero attached hydrogens (tertiary/aromatic N) is 2. The highest BCUT2D eigenvalue weighted by Gasteiger charge is 2.51. The minimum Gasteiger partial charge on any atom is -0.365 e. The molecule has 1 aliphatic carbocycles. The highest BCUT2D eigenvalue weighted by Crippen LogP contribution is 2.48. The van der Waals surface area contributed by atoms with Crippen LogP contribution in [0.3, 0.4) is 0 Å². The molecule has 1 aromatic carbocycles. The molecule has 1 N–H and O–H groups in total. The van der Waals surface area contributed by atoms with Gasteiger partial charge in [0.2, 0.25) is 5.91 Å². The number of amides is 1. The molecule has 1 aromatic rings. The zero-order valence-electron chi connectivity index (χ0n) is 17.6. The number of allylic oxidation sites excluding steroid dienone is 1. The third-order valence-corrected chi connectivity index (χ3v) is 7.45. The first-order valence-corrected chi connectivity index (χ1v) is 11.3. The molecule has 4 rings (SSSR count). The summed E-state index contributed by atoms with van der Waals surface area (Å²) in [7, 11) is 0. The molecule has 3 aliphatic rings. The molecule has 1 saturated carbocycles. The van der Waals surface area contributed by atoms with Crippen LogP contribution >= 0.6 is 0 Å². The summed E-state index contributed by atoms with van der Waals surface area (Å²) >= 11 is 0. The number of piperidine rings is 1. The Hall–Kier alpha value is -2.26. The average Bonchev–Trinajstić information content (AvgIpc) is 3.07. The van der Waals surface area contributed by atoms with Crippen LogP contribution in [0, 0.1) is 5.41 Å². The predicted molar refractivity (Wildman–Crippen MR) is 115 cm³/mol. The van der Waals surface area contributed by atoms with Crippen molar-refractivity contribution in [2.45, 2.75) is 70.3 Å². The number of hydrogen-bond donors (Lipinski definition) is 1. The van der Waals surface area contributed by atoms with Crippen molar-refractivity contribution in [2.24, 2.45) is 5.41 Å². The number of benzene rings is 1. The third kappa shape index (κ3) is 3.46. The second-order valence-corrected chi connectivity index (χ2v) is 8.99. The Morgan fingerprint density at radius 3 is 2.38 bits per heavy atom. The SMILES string of the molecule is CCCC1(C(=C=O)N2CCC3(CC2)C(=O)NCN3c2ccccc2)CCCCC1. The molecule has 0 aromatic heterocycles. The van der Waals surface area contributed by atoms with Crippen LogP contribution in [0.1, 0.15) is 64.7 Å². The molecule has 5 nitrogen and oxygen atoms in total. The monoisotopic (exact) mass is 395 g/mol. The van der Waals surface area contributed by atoms with Gasteiger partial charge in [0.1, 0.15) is 17.2 Å². The van der Waals surface area contributed by atoms with E-state index in [9.17, 15) is 9.59 Å². The number of para-hydroxylation sites is 1. The number of hydrogen-bond acceptors (Lipinski definition) is 4. The van der Waals surface area contributed by atoms with Crippen molar-refractivity contribution in [1.29, 1.82) is 0 Å². The van der Waals surface area contributed by atoms with Gasteiger partial charge in [0, 0.05) is 24.2 Å². The molecule has 156 valence electrons. The van der Waals surface area contributed by atoms with Crippen LogP contribution in [0.25, 0.3) is 0 Å². The summed E-state index contributed by atoms with van der Waals surface area (Å²) < 4.78 is 0. The molecular formula is C24H33N3O2. The Labute approximate surface area is 174 Å². The van der Waals surface area contributed by atoms with Gasteiger partial charge in [-0.3, -0.25) is 4.79 Å². The topological polar surface area (TPSA) is 52.7 Å². The van der Waals surface area contributed by atoms with Crippen LogP contribution in [0.5, 0.6) is 0 Å². The van der Waals surface area contributed by atoms with Gasteiger partial charge in [0.15, 0.2) is 0 Å². The molecule has 2 aliphatic heterocycles. The third-order valence-electron chi connectivity index (χ3n) is 7.45. The van der Waals surface area contributed by atoms with Crippen molar-refractivity contribution in [2.75, 3.05) is 24.7 Å². The first-order chi connectivity index (χ1) is 14.1. The summed E-state index contributed by atoms with van der Waals surface area (Å²) in [5.41, 5.74) is 1.46. The minimum absolute atomic E-state index is 0.00367. The molecular weight excluding hydrogens is 362 g/mol. The van der Waals surface area contributed by atoms with Gasteiger partial charge < -0.3 is 15.1 Å². The van der Waals surface area contributed by atoms with Gasteiger partial charge in [-0.25, -0.2) is 4.79 Å². The van der Waals surface area contributed by atoms with E-state index in [0.29, 0.717) is 6.67 Å². The number of carbonyl (C=O) groups is 1. The summed E-state index contributed by atoms with van der Waals surface area (Å²) in [6, 6.07) is 10.2. The van der Waals surface area contributed by atoms with Crippen molar-refractivity contribution in [3.05, 3.63) is 36.0 Å². The molecule has 1 amide bonds. The van der Waals surface area contributed by atoms with Crippen LogP contribution in [0.15, 0.2) is 36.0 Å². The maximum Gasteiger partial charge on any atom is 0.247 e. The maximum absolute atomic E-state index is 12.9. The highest BCUT2D eigenvalue weighted by atomic mass is 16.2. The lowest BCUT2D eigenvalue weighted by atomic mass is 9.68. The van der Waals surface area contributed by atoms with E-state index < -0.39 is 5.54 Å². The van der Waals surface area contributed by atoms with Gasteiger partial charge in [0.05, 0.1) is 6.67 Å². The fourth-order valence-electron chi connectivity index (χ4n) is 5.95. The van der Waals surface area contributed by atoms with E-state index in [1.165, 1.54) is 19.3 Å². The molecule has 0 bridgehead atoms. The largest absolute Gasteiger partial charge is 0.365 e. The van der Waals surface area contributed by atoms with Gasteiger partial charge >= 0.3 is 0 Å². The summed E-state index contributed by atoms with van der Waals surface area (Å²) in [6.45, 7) is 4.25.